The highest BCUT2D eigenvalue weighted by atomic mass is 16.3. The van der Waals surface area contributed by atoms with Crippen LogP contribution in [0.2, 0.25) is 0 Å². The summed E-state index contributed by atoms with van der Waals surface area (Å²) in [5, 5.41) is 10.1. The van der Waals surface area contributed by atoms with Crippen LogP contribution in [-0.4, -0.2) is 35.7 Å². The molecule has 4 heteroatoms. The molecule has 0 aliphatic carbocycles. The number of para-hydroxylation sites is 1. The van der Waals surface area contributed by atoms with Crippen LogP contribution in [0.1, 0.15) is 31.7 Å². The van der Waals surface area contributed by atoms with E-state index in [-0.39, 0.29) is 11.8 Å². The van der Waals surface area contributed by atoms with Crippen LogP contribution in [0.5, 0.6) is 5.75 Å². The number of urea groups is 1. The second-order valence-electron chi connectivity index (χ2n) is 5.99. The van der Waals surface area contributed by atoms with Gasteiger partial charge < -0.3 is 10.0 Å². The maximum absolute atomic E-state index is 12.7. The van der Waals surface area contributed by atoms with Crippen LogP contribution in [-0.2, 0) is 6.42 Å². The Morgan fingerprint density at radius 1 is 1.25 bits per heavy atom. The third-order valence-electron chi connectivity index (χ3n) is 4.48. The molecule has 1 aromatic carbocycles. The number of piperidine rings is 1. The van der Waals surface area contributed by atoms with Gasteiger partial charge in [-0.2, -0.15) is 0 Å². The number of phenolic OH excluding ortho intramolecular Hbond substituents is 1. The minimum atomic E-state index is 0.0550. The van der Waals surface area contributed by atoms with Crippen molar-refractivity contribution < 1.29 is 9.90 Å². The van der Waals surface area contributed by atoms with Crippen molar-refractivity contribution in [3.8, 4) is 5.75 Å². The van der Waals surface area contributed by atoms with Crippen molar-refractivity contribution in [1.29, 1.82) is 0 Å². The van der Waals surface area contributed by atoms with Gasteiger partial charge in [-0.15, -0.1) is 0 Å². The standard InChI is InChI=1S/C16H22N2O2/c1-12-7-10-17(11-8-12)16(20)18-9-3-5-13-4-2-6-14(19)15(13)18/h2,4,6,12,19H,3,5,7-11H2,1H3. The van der Waals surface area contributed by atoms with E-state index < -0.39 is 0 Å². The van der Waals surface area contributed by atoms with Crippen molar-refractivity contribution in [1.82, 2.24) is 4.90 Å². The van der Waals surface area contributed by atoms with Crippen molar-refractivity contribution in [3.05, 3.63) is 23.8 Å². The molecule has 108 valence electrons. The topological polar surface area (TPSA) is 43.8 Å². The summed E-state index contributed by atoms with van der Waals surface area (Å²) >= 11 is 0. The van der Waals surface area contributed by atoms with Crippen molar-refractivity contribution in [2.75, 3.05) is 24.5 Å². The molecule has 1 saturated heterocycles. The minimum Gasteiger partial charge on any atom is -0.506 e. The first kappa shape index (κ1) is 13.3. The van der Waals surface area contributed by atoms with Gasteiger partial charge in [-0.3, -0.25) is 4.90 Å². The van der Waals surface area contributed by atoms with E-state index in [1.807, 2.05) is 17.0 Å². The number of hydrogen-bond acceptors (Lipinski definition) is 2. The van der Waals surface area contributed by atoms with Crippen molar-refractivity contribution >= 4 is 11.7 Å². The number of amides is 2. The fourth-order valence-electron chi connectivity index (χ4n) is 3.19. The first-order chi connectivity index (χ1) is 9.66. The summed E-state index contributed by atoms with van der Waals surface area (Å²) in [7, 11) is 0. The molecule has 0 spiro atoms. The summed E-state index contributed by atoms with van der Waals surface area (Å²) in [5.74, 6) is 0.932. The maximum atomic E-state index is 12.7. The molecule has 0 aromatic heterocycles. The fourth-order valence-corrected chi connectivity index (χ4v) is 3.19. The number of rotatable bonds is 0. The van der Waals surface area contributed by atoms with Crippen LogP contribution in [0.25, 0.3) is 0 Å². The quantitative estimate of drug-likeness (QED) is 0.790. The second kappa shape index (κ2) is 5.35. The number of likely N-dealkylation sites (tertiary alicyclic amines) is 1. The number of fused-ring (bicyclic) bond motifs is 1. The van der Waals surface area contributed by atoms with Crippen molar-refractivity contribution in [2.45, 2.75) is 32.6 Å². The van der Waals surface area contributed by atoms with Gasteiger partial charge in [0.25, 0.3) is 0 Å². The van der Waals surface area contributed by atoms with Gasteiger partial charge in [0.1, 0.15) is 5.75 Å². The lowest BCUT2D eigenvalue weighted by Gasteiger charge is -2.37. The van der Waals surface area contributed by atoms with Gasteiger partial charge in [0.15, 0.2) is 0 Å². The summed E-state index contributed by atoms with van der Waals surface area (Å²) in [6.07, 6.45) is 4.05. The normalized spacial score (nSPS) is 19.9. The average molecular weight is 274 g/mol. The third kappa shape index (κ3) is 2.35. The third-order valence-corrected chi connectivity index (χ3v) is 4.48. The van der Waals surface area contributed by atoms with E-state index in [9.17, 15) is 9.90 Å². The molecule has 3 rings (SSSR count). The molecular weight excluding hydrogens is 252 g/mol. The van der Waals surface area contributed by atoms with E-state index in [0.717, 1.165) is 50.0 Å². The van der Waals surface area contributed by atoms with Gasteiger partial charge in [-0.05, 0) is 43.2 Å². The van der Waals surface area contributed by atoms with Crippen LogP contribution in [0, 0.1) is 5.92 Å². The molecule has 2 aliphatic rings. The number of anilines is 1. The summed E-state index contributed by atoms with van der Waals surface area (Å²) < 4.78 is 0. The fraction of sp³-hybridized carbons (Fsp3) is 0.562. The molecule has 2 amide bonds. The van der Waals surface area contributed by atoms with Crippen molar-refractivity contribution in [2.24, 2.45) is 5.92 Å². The molecule has 20 heavy (non-hydrogen) atoms. The molecule has 0 bridgehead atoms. The zero-order valence-corrected chi connectivity index (χ0v) is 12.0. The predicted molar refractivity (Wildman–Crippen MR) is 79.1 cm³/mol. The number of aromatic hydroxyl groups is 1. The number of benzene rings is 1. The Morgan fingerprint density at radius 2 is 2.00 bits per heavy atom. The molecule has 2 aliphatic heterocycles. The molecule has 0 radical (unpaired) electrons. The highest BCUT2D eigenvalue weighted by Gasteiger charge is 2.30. The molecule has 2 heterocycles. The Hall–Kier alpha value is -1.71. The number of aryl methyl sites for hydroxylation is 1. The van der Waals surface area contributed by atoms with E-state index in [1.54, 1.807) is 11.0 Å². The Bertz CT molecular complexity index is 507. The van der Waals surface area contributed by atoms with Crippen LogP contribution < -0.4 is 4.90 Å². The first-order valence-electron chi connectivity index (χ1n) is 7.54. The SMILES string of the molecule is CC1CCN(C(=O)N2CCCc3cccc(O)c32)CC1. The smallest absolute Gasteiger partial charge is 0.324 e. The lowest BCUT2D eigenvalue weighted by Crippen LogP contribution is -2.48. The first-order valence-corrected chi connectivity index (χ1v) is 7.54. The van der Waals surface area contributed by atoms with E-state index >= 15 is 0 Å². The zero-order chi connectivity index (χ0) is 14.1. The largest absolute Gasteiger partial charge is 0.506 e. The summed E-state index contributed by atoms with van der Waals surface area (Å²) in [4.78, 5) is 16.4. The summed E-state index contributed by atoms with van der Waals surface area (Å²) in [6, 6.07) is 5.58. The summed E-state index contributed by atoms with van der Waals surface area (Å²) in [6.45, 7) is 4.61. The van der Waals surface area contributed by atoms with E-state index in [1.165, 1.54) is 0 Å². The van der Waals surface area contributed by atoms with Crippen LogP contribution in [0.4, 0.5) is 10.5 Å². The molecular formula is C16H22N2O2. The summed E-state index contributed by atoms with van der Waals surface area (Å²) in [5.41, 5.74) is 1.80. The number of hydrogen-bond donors (Lipinski definition) is 1. The highest BCUT2D eigenvalue weighted by molar-refractivity contribution is 5.95. The molecule has 0 saturated carbocycles. The minimum absolute atomic E-state index is 0.0550. The molecule has 1 N–H and O–H groups in total. The zero-order valence-electron chi connectivity index (χ0n) is 12.0. The Labute approximate surface area is 120 Å². The second-order valence-corrected chi connectivity index (χ2v) is 5.99. The molecule has 1 aromatic rings. The van der Waals surface area contributed by atoms with Crippen molar-refractivity contribution in [3.63, 3.8) is 0 Å². The van der Waals surface area contributed by atoms with Gasteiger partial charge in [-0.25, -0.2) is 4.79 Å². The van der Waals surface area contributed by atoms with Gasteiger partial charge in [-0.1, -0.05) is 19.1 Å². The van der Waals surface area contributed by atoms with E-state index in [0.29, 0.717) is 12.5 Å². The van der Waals surface area contributed by atoms with E-state index in [4.69, 9.17) is 0 Å². The molecule has 0 atom stereocenters. The molecule has 4 nitrogen and oxygen atoms in total. The number of carbonyl (C=O) groups excluding carboxylic acids is 1. The van der Waals surface area contributed by atoms with Crippen LogP contribution >= 0.6 is 0 Å². The van der Waals surface area contributed by atoms with E-state index in [2.05, 4.69) is 6.92 Å². The average Bonchev–Trinajstić information content (AvgIpc) is 2.47. The number of nitrogens with zero attached hydrogens (tertiary/aromatic N) is 2. The Morgan fingerprint density at radius 3 is 2.75 bits per heavy atom. The molecule has 0 unspecified atom stereocenters. The maximum Gasteiger partial charge on any atom is 0.324 e. The van der Waals surface area contributed by atoms with Crippen LogP contribution in [0.3, 0.4) is 0 Å². The van der Waals surface area contributed by atoms with Gasteiger partial charge in [0, 0.05) is 19.6 Å². The Kier molecular flexibility index (Phi) is 3.55. The Balaban J connectivity index is 1.83. The van der Waals surface area contributed by atoms with Gasteiger partial charge in [0.05, 0.1) is 5.69 Å². The highest BCUT2D eigenvalue weighted by Crippen LogP contribution is 2.36. The van der Waals surface area contributed by atoms with Crippen LogP contribution in [0.15, 0.2) is 18.2 Å². The van der Waals surface area contributed by atoms with Gasteiger partial charge >= 0.3 is 6.03 Å². The lowest BCUT2D eigenvalue weighted by molar-refractivity contribution is 0.179. The monoisotopic (exact) mass is 274 g/mol. The number of phenols is 1. The molecule has 1 fully saturated rings. The van der Waals surface area contributed by atoms with Gasteiger partial charge in [0.2, 0.25) is 0 Å². The number of carbonyl (C=O) groups is 1. The lowest BCUT2D eigenvalue weighted by atomic mass is 9.99. The predicted octanol–water partition coefficient (Wildman–Crippen LogP) is 3.00.